The minimum atomic E-state index is -0.579. The lowest BCUT2D eigenvalue weighted by Gasteiger charge is -2.18. The van der Waals surface area contributed by atoms with E-state index in [1.165, 1.54) is 11.0 Å². The average molecular weight is 295 g/mol. The summed E-state index contributed by atoms with van der Waals surface area (Å²) in [6.45, 7) is 3.57. The number of halogens is 1. The molecule has 1 aromatic carbocycles. The Morgan fingerprint density at radius 1 is 1.50 bits per heavy atom. The van der Waals surface area contributed by atoms with E-state index < -0.39 is 5.54 Å². The molecule has 1 heterocycles. The van der Waals surface area contributed by atoms with Crippen LogP contribution in [0.15, 0.2) is 24.5 Å². The molecule has 0 aliphatic rings. The van der Waals surface area contributed by atoms with Crippen molar-refractivity contribution >= 4 is 23.2 Å². The number of anilines is 1. The van der Waals surface area contributed by atoms with Gasteiger partial charge in [-0.15, -0.1) is 5.10 Å². The highest BCUT2D eigenvalue weighted by atomic mass is 35.5. The normalized spacial score (nSPS) is 11.4. The van der Waals surface area contributed by atoms with Crippen molar-refractivity contribution in [2.75, 3.05) is 5.32 Å². The van der Waals surface area contributed by atoms with Gasteiger partial charge in [-0.1, -0.05) is 11.6 Å². The van der Waals surface area contributed by atoms with Crippen LogP contribution < -0.4 is 11.1 Å². The first kappa shape index (κ1) is 14.4. The van der Waals surface area contributed by atoms with Crippen LogP contribution in [0, 0.1) is 0 Å². The predicted molar refractivity (Wildman–Crippen MR) is 75.7 cm³/mol. The molecule has 0 bridgehead atoms. The molecule has 0 unspecified atom stereocenters. The number of carbonyl (C=O) groups excluding carboxylic acids is 1. The minimum Gasteiger partial charge on any atom is -0.325 e. The fraction of sp³-hybridized carbons (Fsp3) is 0.333. The van der Waals surface area contributed by atoms with Gasteiger partial charge in [0, 0.05) is 12.0 Å². The van der Waals surface area contributed by atoms with Crippen molar-refractivity contribution in [3.05, 3.63) is 29.5 Å². The zero-order valence-electron chi connectivity index (χ0n) is 11.2. The molecule has 3 N–H and O–H groups in total. The zero-order valence-corrected chi connectivity index (χ0v) is 11.9. The summed E-state index contributed by atoms with van der Waals surface area (Å²) in [4.78, 5) is 11.9. The Hall–Kier alpha value is -1.99. The summed E-state index contributed by atoms with van der Waals surface area (Å²) in [7, 11) is 0. The van der Waals surface area contributed by atoms with Gasteiger partial charge in [0.15, 0.2) is 0 Å². The van der Waals surface area contributed by atoms with Gasteiger partial charge in [0.25, 0.3) is 0 Å². The van der Waals surface area contributed by atoms with Gasteiger partial charge in [0.05, 0.1) is 16.4 Å². The molecule has 1 aromatic heterocycles. The van der Waals surface area contributed by atoms with E-state index in [0.717, 1.165) is 0 Å². The number of carbonyl (C=O) groups is 1. The van der Waals surface area contributed by atoms with E-state index in [1.807, 2.05) is 0 Å². The van der Waals surface area contributed by atoms with Crippen LogP contribution >= 0.6 is 11.6 Å². The molecule has 2 aromatic rings. The lowest BCUT2D eigenvalue weighted by molar-refractivity contribution is -0.117. The number of nitrogens with zero attached hydrogens (tertiary/aromatic N) is 4. The first-order chi connectivity index (χ1) is 9.35. The monoisotopic (exact) mass is 294 g/mol. The van der Waals surface area contributed by atoms with Crippen LogP contribution in [0.1, 0.15) is 20.3 Å². The molecule has 0 saturated carbocycles. The van der Waals surface area contributed by atoms with Gasteiger partial charge in [0.2, 0.25) is 5.91 Å². The van der Waals surface area contributed by atoms with Crippen molar-refractivity contribution in [2.24, 2.45) is 5.73 Å². The van der Waals surface area contributed by atoms with Crippen LogP contribution in [0.25, 0.3) is 5.69 Å². The fourth-order valence-corrected chi connectivity index (χ4v) is 1.80. The van der Waals surface area contributed by atoms with Gasteiger partial charge >= 0.3 is 0 Å². The highest BCUT2D eigenvalue weighted by Crippen LogP contribution is 2.25. The topological polar surface area (TPSA) is 98.7 Å². The van der Waals surface area contributed by atoms with E-state index in [0.29, 0.717) is 16.4 Å². The lowest BCUT2D eigenvalue weighted by Crippen LogP contribution is -2.36. The maximum absolute atomic E-state index is 11.9. The largest absolute Gasteiger partial charge is 0.325 e. The number of amides is 1. The molecule has 2 rings (SSSR count). The summed E-state index contributed by atoms with van der Waals surface area (Å²) in [6.07, 6.45) is 1.65. The number of nitrogens with one attached hydrogen (secondary N) is 1. The second-order valence-electron chi connectivity index (χ2n) is 5.13. The molecular formula is C12H15ClN6O. The van der Waals surface area contributed by atoms with Gasteiger partial charge < -0.3 is 11.1 Å². The number of hydrogen-bond acceptors (Lipinski definition) is 5. The van der Waals surface area contributed by atoms with Crippen molar-refractivity contribution in [1.29, 1.82) is 0 Å². The van der Waals surface area contributed by atoms with Crippen molar-refractivity contribution in [3.63, 3.8) is 0 Å². The third-order valence-electron chi connectivity index (χ3n) is 2.45. The second-order valence-corrected chi connectivity index (χ2v) is 5.54. The van der Waals surface area contributed by atoms with Crippen molar-refractivity contribution < 1.29 is 4.79 Å². The Morgan fingerprint density at radius 3 is 2.85 bits per heavy atom. The Kier molecular flexibility index (Phi) is 4.01. The molecule has 0 spiro atoms. The number of aromatic nitrogens is 4. The zero-order chi connectivity index (χ0) is 14.8. The molecule has 8 heteroatoms. The first-order valence-corrected chi connectivity index (χ1v) is 6.34. The predicted octanol–water partition coefficient (Wildman–Crippen LogP) is 1.38. The molecule has 0 radical (unpaired) electrons. The molecule has 0 saturated heterocycles. The van der Waals surface area contributed by atoms with E-state index in [2.05, 4.69) is 20.8 Å². The Balaban J connectivity index is 2.19. The average Bonchev–Trinajstić information content (AvgIpc) is 2.83. The third-order valence-corrected chi connectivity index (χ3v) is 2.78. The SMILES string of the molecule is CC(C)(N)CC(=O)Nc1cc(-n2cnnn2)ccc1Cl. The highest BCUT2D eigenvalue weighted by Gasteiger charge is 2.17. The number of nitrogens with two attached hydrogens (primary N) is 1. The summed E-state index contributed by atoms with van der Waals surface area (Å²) in [6, 6.07) is 5.11. The molecule has 20 heavy (non-hydrogen) atoms. The number of rotatable bonds is 4. The highest BCUT2D eigenvalue weighted by molar-refractivity contribution is 6.33. The van der Waals surface area contributed by atoms with Crippen molar-refractivity contribution in [1.82, 2.24) is 20.2 Å². The molecular weight excluding hydrogens is 280 g/mol. The van der Waals surface area contributed by atoms with Crippen LogP contribution in [-0.4, -0.2) is 31.7 Å². The van der Waals surface area contributed by atoms with Gasteiger partial charge in [0.1, 0.15) is 6.33 Å². The smallest absolute Gasteiger partial charge is 0.226 e. The second kappa shape index (κ2) is 5.56. The Labute approximate surface area is 121 Å². The Bertz CT molecular complexity index is 605. The van der Waals surface area contributed by atoms with Gasteiger partial charge in [-0.25, -0.2) is 4.68 Å². The van der Waals surface area contributed by atoms with E-state index in [4.69, 9.17) is 17.3 Å². The fourth-order valence-electron chi connectivity index (χ4n) is 1.64. The molecule has 7 nitrogen and oxygen atoms in total. The molecule has 0 fully saturated rings. The maximum Gasteiger partial charge on any atom is 0.226 e. The number of tetrazole rings is 1. The van der Waals surface area contributed by atoms with Crippen molar-refractivity contribution in [3.8, 4) is 5.69 Å². The standard InChI is InChI=1S/C12H15ClN6O/c1-12(2,14)6-11(20)16-10-5-8(3-4-9(10)13)19-7-15-17-18-19/h3-5,7H,6,14H2,1-2H3,(H,16,20). The summed E-state index contributed by atoms with van der Waals surface area (Å²) >= 11 is 6.07. The van der Waals surface area contributed by atoms with Crippen LogP contribution in [0.4, 0.5) is 5.69 Å². The summed E-state index contributed by atoms with van der Waals surface area (Å²) in [5.41, 5.74) is 6.42. The minimum absolute atomic E-state index is 0.193. The van der Waals surface area contributed by atoms with Crippen molar-refractivity contribution in [2.45, 2.75) is 25.8 Å². The van der Waals surface area contributed by atoms with E-state index in [-0.39, 0.29) is 12.3 Å². The summed E-state index contributed by atoms with van der Waals surface area (Å²) in [5, 5.41) is 14.1. The van der Waals surface area contributed by atoms with Gasteiger partial charge in [-0.2, -0.15) is 0 Å². The molecule has 0 aliphatic heterocycles. The molecule has 0 aliphatic carbocycles. The van der Waals surface area contributed by atoms with E-state index >= 15 is 0 Å². The van der Waals surface area contributed by atoms with E-state index in [9.17, 15) is 4.79 Å². The molecule has 0 atom stereocenters. The summed E-state index contributed by atoms with van der Waals surface area (Å²) < 4.78 is 1.47. The van der Waals surface area contributed by atoms with Crippen LogP contribution in [0.3, 0.4) is 0 Å². The van der Waals surface area contributed by atoms with Crippen LogP contribution in [0.2, 0.25) is 5.02 Å². The molecule has 1 amide bonds. The summed E-state index contributed by atoms with van der Waals surface area (Å²) in [5.74, 6) is -0.201. The van der Waals surface area contributed by atoms with Crippen LogP contribution in [0.5, 0.6) is 0 Å². The van der Waals surface area contributed by atoms with E-state index in [1.54, 1.807) is 32.0 Å². The Morgan fingerprint density at radius 2 is 2.25 bits per heavy atom. The number of benzene rings is 1. The maximum atomic E-state index is 11.9. The van der Waals surface area contributed by atoms with Gasteiger partial charge in [-0.05, 0) is 42.5 Å². The van der Waals surface area contributed by atoms with Crippen LogP contribution in [-0.2, 0) is 4.79 Å². The quantitative estimate of drug-likeness (QED) is 0.887. The third kappa shape index (κ3) is 3.75. The number of hydrogen-bond donors (Lipinski definition) is 2. The van der Waals surface area contributed by atoms with Gasteiger partial charge in [-0.3, -0.25) is 4.79 Å². The molecule has 106 valence electrons. The first-order valence-electron chi connectivity index (χ1n) is 5.97. The lowest BCUT2D eigenvalue weighted by atomic mass is 10.0.